The number of aliphatic hydroxyl groups is 2. The van der Waals surface area contributed by atoms with Crippen molar-refractivity contribution in [1.29, 1.82) is 0 Å². The van der Waals surface area contributed by atoms with Crippen LogP contribution in [0.1, 0.15) is 12.0 Å². The molecule has 1 atom stereocenters. The van der Waals surface area contributed by atoms with Gasteiger partial charge in [-0.3, -0.25) is 4.79 Å². The van der Waals surface area contributed by atoms with Crippen molar-refractivity contribution in [1.82, 2.24) is 0 Å². The number of carbonyl (C=O) groups is 1. The summed E-state index contributed by atoms with van der Waals surface area (Å²) in [6, 6.07) is 5.12. The van der Waals surface area contributed by atoms with Gasteiger partial charge in [-0.05, 0) is 23.8 Å². The Morgan fingerprint density at radius 2 is 2.12 bits per heavy atom. The van der Waals surface area contributed by atoms with E-state index < -0.39 is 0 Å². The van der Waals surface area contributed by atoms with Crippen LogP contribution in [0.2, 0.25) is 0 Å². The molecule has 1 aliphatic heterocycles. The van der Waals surface area contributed by atoms with E-state index in [1.54, 1.807) is 23.1 Å². The Morgan fingerprint density at radius 3 is 2.71 bits per heavy atom. The highest BCUT2D eigenvalue weighted by Gasteiger charge is 2.30. The van der Waals surface area contributed by atoms with E-state index in [0.717, 1.165) is 0 Å². The lowest BCUT2D eigenvalue weighted by atomic mass is 10.1. The molecule has 1 unspecified atom stereocenters. The van der Waals surface area contributed by atoms with E-state index in [4.69, 9.17) is 15.9 Å². The predicted octanol–water partition coefficient (Wildman–Crippen LogP) is 0.106. The Hall–Kier alpha value is -1.59. The van der Waals surface area contributed by atoms with E-state index in [1.165, 1.54) is 0 Å². The molecule has 2 rings (SSSR count). The number of carbonyl (C=O) groups excluding carboxylic acids is 1. The monoisotopic (exact) mass is 236 g/mol. The Labute approximate surface area is 99.5 Å². The second-order valence-electron chi connectivity index (χ2n) is 4.35. The van der Waals surface area contributed by atoms with Gasteiger partial charge in [0.25, 0.3) is 0 Å². The lowest BCUT2D eigenvalue weighted by Crippen LogP contribution is -2.25. The molecular weight excluding hydrogens is 220 g/mol. The summed E-state index contributed by atoms with van der Waals surface area (Å²) in [5, 5.41) is 18.2. The molecule has 1 heterocycles. The summed E-state index contributed by atoms with van der Waals surface area (Å²) in [5.41, 5.74) is 7.61. The molecule has 1 amide bonds. The van der Waals surface area contributed by atoms with Gasteiger partial charge >= 0.3 is 0 Å². The van der Waals surface area contributed by atoms with Gasteiger partial charge in [-0.2, -0.15) is 0 Å². The first kappa shape index (κ1) is 11.9. The van der Waals surface area contributed by atoms with Crippen LogP contribution in [0.3, 0.4) is 0 Å². The molecule has 0 aliphatic carbocycles. The number of nitrogens with zero attached hydrogens (tertiary/aromatic N) is 1. The van der Waals surface area contributed by atoms with Gasteiger partial charge in [0.05, 0.1) is 6.61 Å². The second kappa shape index (κ2) is 4.73. The van der Waals surface area contributed by atoms with Crippen molar-refractivity contribution in [3.63, 3.8) is 0 Å². The quantitative estimate of drug-likeness (QED) is 0.650. The van der Waals surface area contributed by atoms with Crippen LogP contribution < -0.4 is 10.6 Å². The smallest absolute Gasteiger partial charge is 0.227 e. The molecule has 0 bridgehead atoms. The third kappa shape index (κ3) is 2.40. The Bertz CT molecular complexity index is 434. The topological polar surface area (TPSA) is 86.8 Å². The summed E-state index contributed by atoms with van der Waals surface area (Å²) in [6.07, 6.45) is 0.361. The third-order valence-electron chi connectivity index (χ3n) is 2.96. The molecule has 0 radical (unpaired) electrons. The summed E-state index contributed by atoms with van der Waals surface area (Å²) < 4.78 is 0. The molecule has 17 heavy (non-hydrogen) atoms. The summed E-state index contributed by atoms with van der Waals surface area (Å²) in [4.78, 5) is 13.4. The van der Waals surface area contributed by atoms with E-state index in [2.05, 4.69) is 0 Å². The first-order valence-corrected chi connectivity index (χ1v) is 5.55. The van der Waals surface area contributed by atoms with Gasteiger partial charge in [0.1, 0.15) is 0 Å². The highest BCUT2D eigenvalue weighted by atomic mass is 16.3. The number of amides is 1. The molecule has 5 heteroatoms. The number of hydrogen-bond donors (Lipinski definition) is 3. The fourth-order valence-corrected chi connectivity index (χ4v) is 2.10. The molecule has 1 saturated heterocycles. The van der Waals surface area contributed by atoms with Gasteiger partial charge in [-0.1, -0.05) is 0 Å². The van der Waals surface area contributed by atoms with E-state index in [0.29, 0.717) is 29.9 Å². The summed E-state index contributed by atoms with van der Waals surface area (Å²) >= 11 is 0. The Kier molecular flexibility index (Phi) is 3.31. The van der Waals surface area contributed by atoms with Gasteiger partial charge in [0.2, 0.25) is 5.91 Å². The van der Waals surface area contributed by atoms with Gasteiger partial charge in [-0.25, -0.2) is 0 Å². The second-order valence-corrected chi connectivity index (χ2v) is 4.35. The predicted molar refractivity (Wildman–Crippen MR) is 64.3 cm³/mol. The van der Waals surface area contributed by atoms with Crippen LogP contribution in [-0.2, 0) is 11.4 Å². The molecule has 5 nitrogen and oxygen atoms in total. The Morgan fingerprint density at radius 1 is 1.35 bits per heavy atom. The largest absolute Gasteiger partial charge is 0.399 e. The molecule has 0 aromatic heterocycles. The average Bonchev–Trinajstić information content (AvgIpc) is 2.69. The van der Waals surface area contributed by atoms with Crippen molar-refractivity contribution in [3.8, 4) is 0 Å². The van der Waals surface area contributed by atoms with Crippen molar-refractivity contribution in [2.24, 2.45) is 5.92 Å². The number of nitrogens with two attached hydrogens (primary N) is 1. The molecule has 1 fully saturated rings. The number of hydrogen-bond acceptors (Lipinski definition) is 4. The number of nitrogen functional groups attached to an aromatic ring is 1. The van der Waals surface area contributed by atoms with Crippen LogP contribution in [-0.4, -0.2) is 29.3 Å². The number of anilines is 2. The van der Waals surface area contributed by atoms with Crippen LogP contribution >= 0.6 is 0 Å². The zero-order valence-corrected chi connectivity index (χ0v) is 9.47. The maximum atomic E-state index is 11.8. The SMILES string of the molecule is Nc1cc(CO)cc(N2CC(CO)CC2=O)c1. The molecule has 0 saturated carbocycles. The van der Waals surface area contributed by atoms with Crippen molar-refractivity contribution < 1.29 is 15.0 Å². The van der Waals surface area contributed by atoms with Gasteiger partial charge in [0, 0.05) is 36.9 Å². The lowest BCUT2D eigenvalue weighted by molar-refractivity contribution is -0.117. The lowest BCUT2D eigenvalue weighted by Gasteiger charge is -2.18. The summed E-state index contributed by atoms with van der Waals surface area (Å²) in [5.74, 6) is -0.0277. The molecule has 1 aliphatic rings. The van der Waals surface area contributed by atoms with Gasteiger partial charge in [-0.15, -0.1) is 0 Å². The van der Waals surface area contributed by atoms with Gasteiger partial charge in [0.15, 0.2) is 0 Å². The highest BCUT2D eigenvalue weighted by Crippen LogP contribution is 2.27. The number of benzene rings is 1. The van der Waals surface area contributed by atoms with Crippen LogP contribution in [0.25, 0.3) is 0 Å². The van der Waals surface area contributed by atoms with Crippen molar-refractivity contribution >= 4 is 17.3 Å². The zero-order chi connectivity index (χ0) is 12.4. The van der Waals surface area contributed by atoms with E-state index >= 15 is 0 Å². The normalized spacial score (nSPS) is 20.0. The standard InChI is InChI=1S/C12H16N2O3/c13-10-1-8(6-15)2-11(4-10)14-5-9(7-16)3-12(14)17/h1-2,4,9,15-16H,3,5-7,13H2. The van der Waals surface area contributed by atoms with Crippen LogP contribution in [0.4, 0.5) is 11.4 Å². The molecule has 4 N–H and O–H groups in total. The van der Waals surface area contributed by atoms with Crippen molar-refractivity contribution in [3.05, 3.63) is 23.8 Å². The summed E-state index contributed by atoms with van der Waals surface area (Å²) in [7, 11) is 0. The average molecular weight is 236 g/mol. The molecule has 92 valence electrons. The first-order valence-electron chi connectivity index (χ1n) is 5.55. The van der Waals surface area contributed by atoms with Crippen molar-refractivity contribution in [2.75, 3.05) is 23.8 Å². The van der Waals surface area contributed by atoms with Crippen LogP contribution in [0, 0.1) is 5.92 Å². The number of aliphatic hydroxyl groups excluding tert-OH is 2. The fourth-order valence-electron chi connectivity index (χ4n) is 2.10. The first-order chi connectivity index (χ1) is 8.13. The van der Waals surface area contributed by atoms with Crippen LogP contribution in [0.15, 0.2) is 18.2 Å². The highest BCUT2D eigenvalue weighted by molar-refractivity contribution is 5.96. The minimum atomic E-state index is -0.108. The summed E-state index contributed by atoms with van der Waals surface area (Å²) in [6.45, 7) is 0.407. The van der Waals surface area contributed by atoms with Crippen molar-refractivity contribution in [2.45, 2.75) is 13.0 Å². The molecular formula is C12H16N2O3. The zero-order valence-electron chi connectivity index (χ0n) is 9.47. The minimum Gasteiger partial charge on any atom is -0.399 e. The van der Waals surface area contributed by atoms with Crippen LogP contribution in [0.5, 0.6) is 0 Å². The van der Waals surface area contributed by atoms with E-state index in [9.17, 15) is 4.79 Å². The maximum Gasteiger partial charge on any atom is 0.227 e. The van der Waals surface area contributed by atoms with E-state index in [1.807, 2.05) is 0 Å². The van der Waals surface area contributed by atoms with Gasteiger partial charge < -0.3 is 20.8 Å². The van der Waals surface area contributed by atoms with E-state index in [-0.39, 0.29) is 25.0 Å². The number of rotatable bonds is 3. The maximum absolute atomic E-state index is 11.8. The molecule has 1 aromatic rings. The molecule has 0 spiro atoms. The molecule has 1 aromatic carbocycles. The third-order valence-corrected chi connectivity index (χ3v) is 2.96. The fraction of sp³-hybridized carbons (Fsp3) is 0.417. The minimum absolute atomic E-state index is 0.0113. The Balaban J connectivity index is 2.28.